The molecule has 11 nitrogen and oxygen atoms in total. The van der Waals surface area contributed by atoms with Crippen LogP contribution in [0.1, 0.15) is 19.3 Å². The molecule has 1 aliphatic rings. The number of carbonyl (C=O) groups is 3. The highest BCUT2D eigenvalue weighted by Crippen LogP contribution is 2.01. The molecule has 1 aliphatic heterocycles. The number of piperazine rings is 1. The first-order valence-electron chi connectivity index (χ1n) is 11.8. The molecule has 0 amide bonds. The van der Waals surface area contributed by atoms with E-state index < -0.39 is 0 Å². The van der Waals surface area contributed by atoms with Gasteiger partial charge < -0.3 is 29.7 Å². The summed E-state index contributed by atoms with van der Waals surface area (Å²) in [5.41, 5.74) is 0. The van der Waals surface area contributed by atoms with Gasteiger partial charge in [0.25, 0.3) is 0 Å². The molecule has 192 valence electrons. The molecule has 0 bridgehead atoms. The standard InChI is InChI=1S/C22H43N5O6/c1-31-20(28)4-7-23-8-14-26-16-18-27(19-17-26)15-10-24-9-13-25(11-5-21(29)32-2)12-6-22(30)33-3/h23-24H,4-19H2,1-3H3. The van der Waals surface area contributed by atoms with Crippen LogP contribution in [0.2, 0.25) is 0 Å². The summed E-state index contributed by atoms with van der Waals surface area (Å²) < 4.78 is 14.0. The third kappa shape index (κ3) is 14.9. The summed E-state index contributed by atoms with van der Waals surface area (Å²) in [6.45, 7) is 11.3. The van der Waals surface area contributed by atoms with E-state index in [1.54, 1.807) is 0 Å². The summed E-state index contributed by atoms with van der Waals surface area (Å²) in [6, 6.07) is 0. The van der Waals surface area contributed by atoms with Crippen molar-refractivity contribution in [2.75, 3.05) is 106 Å². The molecule has 0 spiro atoms. The average Bonchev–Trinajstić information content (AvgIpc) is 2.84. The van der Waals surface area contributed by atoms with E-state index in [2.05, 4.69) is 30.1 Å². The largest absolute Gasteiger partial charge is 0.469 e. The maximum absolute atomic E-state index is 11.4. The van der Waals surface area contributed by atoms with Crippen molar-refractivity contribution in [3.05, 3.63) is 0 Å². The van der Waals surface area contributed by atoms with Crippen molar-refractivity contribution < 1.29 is 28.6 Å². The van der Waals surface area contributed by atoms with Gasteiger partial charge in [-0.15, -0.1) is 0 Å². The summed E-state index contributed by atoms with van der Waals surface area (Å²) >= 11 is 0. The minimum absolute atomic E-state index is 0.181. The van der Waals surface area contributed by atoms with Crippen LogP contribution in [-0.4, -0.2) is 139 Å². The van der Waals surface area contributed by atoms with Gasteiger partial charge in [-0.05, 0) is 0 Å². The topological polar surface area (TPSA) is 113 Å². The van der Waals surface area contributed by atoms with Crippen LogP contribution in [0.4, 0.5) is 0 Å². The molecular formula is C22H43N5O6. The fourth-order valence-electron chi connectivity index (χ4n) is 3.53. The first-order chi connectivity index (χ1) is 16.0. The summed E-state index contributed by atoms with van der Waals surface area (Å²) in [7, 11) is 4.17. The van der Waals surface area contributed by atoms with Crippen molar-refractivity contribution in [1.82, 2.24) is 25.3 Å². The molecule has 33 heavy (non-hydrogen) atoms. The van der Waals surface area contributed by atoms with Gasteiger partial charge in [-0.3, -0.25) is 24.2 Å². The lowest BCUT2D eigenvalue weighted by molar-refractivity contribution is -0.142. The monoisotopic (exact) mass is 473 g/mol. The smallest absolute Gasteiger partial charge is 0.306 e. The highest BCUT2D eigenvalue weighted by molar-refractivity contribution is 5.70. The fraction of sp³-hybridized carbons (Fsp3) is 0.864. The van der Waals surface area contributed by atoms with Crippen molar-refractivity contribution in [1.29, 1.82) is 0 Å². The van der Waals surface area contributed by atoms with Crippen LogP contribution in [0.15, 0.2) is 0 Å². The van der Waals surface area contributed by atoms with Gasteiger partial charge in [-0.2, -0.15) is 0 Å². The highest BCUT2D eigenvalue weighted by Gasteiger charge is 2.16. The molecule has 11 heteroatoms. The number of nitrogens with one attached hydrogen (secondary N) is 2. The van der Waals surface area contributed by atoms with Crippen LogP contribution >= 0.6 is 0 Å². The van der Waals surface area contributed by atoms with Crippen LogP contribution in [0.25, 0.3) is 0 Å². The maximum atomic E-state index is 11.4. The van der Waals surface area contributed by atoms with E-state index in [4.69, 9.17) is 9.47 Å². The average molecular weight is 474 g/mol. The van der Waals surface area contributed by atoms with E-state index >= 15 is 0 Å². The Morgan fingerprint density at radius 3 is 1.52 bits per heavy atom. The summed E-state index contributed by atoms with van der Waals surface area (Å²) in [6.07, 6.45) is 1.02. The Bertz CT molecular complexity index is 537. The Morgan fingerprint density at radius 1 is 0.636 bits per heavy atom. The van der Waals surface area contributed by atoms with Crippen molar-refractivity contribution in [2.45, 2.75) is 19.3 Å². The molecular weight excluding hydrogens is 430 g/mol. The van der Waals surface area contributed by atoms with Gasteiger partial charge in [0, 0.05) is 85.1 Å². The SMILES string of the molecule is COC(=O)CCNCCN1CCN(CCNCCN(CCC(=O)OC)CCC(=O)OC)CC1. The Morgan fingerprint density at radius 2 is 1.06 bits per heavy atom. The minimum atomic E-state index is -0.248. The first kappa shape index (κ1) is 29.2. The third-order valence-corrected chi connectivity index (χ3v) is 5.73. The molecule has 0 unspecified atom stereocenters. The molecule has 0 aromatic carbocycles. The van der Waals surface area contributed by atoms with E-state index in [1.165, 1.54) is 21.3 Å². The van der Waals surface area contributed by atoms with Gasteiger partial charge in [-0.25, -0.2) is 0 Å². The van der Waals surface area contributed by atoms with E-state index in [1.807, 2.05) is 0 Å². The lowest BCUT2D eigenvalue weighted by Gasteiger charge is -2.34. The number of nitrogens with zero attached hydrogens (tertiary/aromatic N) is 3. The number of carbonyl (C=O) groups excluding carboxylic acids is 3. The number of hydrogen-bond donors (Lipinski definition) is 2. The zero-order valence-corrected chi connectivity index (χ0v) is 20.6. The van der Waals surface area contributed by atoms with Gasteiger partial charge in [0.05, 0.1) is 40.6 Å². The molecule has 0 aromatic heterocycles. The van der Waals surface area contributed by atoms with Gasteiger partial charge >= 0.3 is 17.9 Å². The van der Waals surface area contributed by atoms with E-state index in [9.17, 15) is 14.4 Å². The van der Waals surface area contributed by atoms with Crippen LogP contribution in [-0.2, 0) is 28.6 Å². The Labute approximate surface area is 198 Å². The summed E-state index contributed by atoms with van der Waals surface area (Å²) in [4.78, 5) is 40.9. The quantitative estimate of drug-likeness (QED) is 0.142. The zero-order valence-electron chi connectivity index (χ0n) is 20.6. The molecule has 1 fully saturated rings. The normalized spacial score (nSPS) is 14.9. The zero-order chi connectivity index (χ0) is 24.3. The van der Waals surface area contributed by atoms with E-state index in [0.717, 1.165) is 65.4 Å². The molecule has 1 saturated heterocycles. The number of esters is 3. The predicted molar refractivity (Wildman–Crippen MR) is 125 cm³/mol. The number of methoxy groups -OCH3 is 3. The van der Waals surface area contributed by atoms with Gasteiger partial charge in [-0.1, -0.05) is 0 Å². The summed E-state index contributed by atoms with van der Waals surface area (Å²) in [5.74, 6) is -0.677. The van der Waals surface area contributed by atoms with Crippen molar-refractivity contribution >= 4 is 17.9 Å². The molecule has 2 N–H and O–H groups in total. The van der Waals surface area contributed by atoms with Gasteiger partial charge in [0.2, 0.25) is 0 Å². The highest BCUT2D eigenvalue weighted by atomic mass is 16.5. The lowest BCUT2D eigenvalue weighted by Crippen LogP contribution is -2.49. The van der Waals surface area contributed by atoms with Crippen LogP contribution in [0, 0.1) is 0 Å². The molecule has 0 atom stereocenters. The van der Waals surface area contributed by atoms with E-state index in [0.29, 0.717) is 38.9 Å². The second-order valence-electron chi connectivity index (χ2n) is 8.00. The van der Waals surface area contributed by atoms with Crippen molar-refractivity contribution in [2.24, 2.45) is 0 Å². The molecule has 0 aromatic rings. The van der Waals surface area contributed by atoms with Gasteiger partial charge in [0.1, 0.15) is 0 Å². The maximum Gasteiger partial charge on any atom is 0.306 e. The second kappa shape index (κ2) is 18.6. The lowest BCUT2D eigenvalue weighted by atomic mass is 10.3. The van der Waals surface area contributed by atoms with Crippen LogP contribution in [0.3, 0.4) is 0 Å². The fourth-order valence-corrected chi connectivity index (χ4v) is 3.53. The van der Waals surface area contributed by atoms with Crippen molar-refractivity contribution in [3.8, 4) is 0 Å². The first-order valence-corrected chi connectivity index (χ1v) is 11.8. The van der Waals surface area contributed by atoms with Gasteiger partial charge in [0.15, 0.2) is 0 Å². The number of ether oxygens (including phenoxy) is 3. The Balaban J connectivity index is 2.11. The third-order valence-electron chi connectivity index (χ3n) is 5.73. The predicted octanol–water partition coefficient (Wildman–Crippen LogP) is -1.23. The molecule has 1 rings (SSSR count). The Hall–Kier alpha value is -1.79. The van der Waals surface area contributed by atoms with Crippen LogP contribution < -0.4 is 10.6 Å². The molecule has 0 saturated carbocycles. The molecule has 0 radical (unpaired) electrons. The van der Waals surface area contributed by atoms with Crippen molar-refractivity contribution in [3.63, 3.8) is 0 Å². The second-order valence-corrected chi connectivity index (χ2v) is 8.00. The van der Waals surface area contributed by atoms with E-state index in [-0.39, 0.29) is 17.9 Å². The number of rotatable bonds is 18. The summed E-state index contributed by atoms with van der Waals surface area (Å²) in [5, 5.41) is 6.74. The molecule has 1 heterocycles. The Kier molecular flexibility index (Phi) is 16.5. The van der Waals surface area contributed by atoms with Crippen LogP contribution in [0.5, 0.6) is 0 Å². The number of hydrogen-bond acceptors (Lipinski definition) is 11. The minimum Gasteiger partial charge on any atom is -0.469 e. The molecule has 0 aliphatic carbocycles.